The third-order valence-electron chi connectivity index (χ3n) is 2.23. The van der Waals surface area contributed by atoms with Gasteiger partial charge in [-0.1, -0.05) is 13.8 Å². The van der Waals surface area contributed by atoms with Gasteiger partial charge in [0.05, 0.1) is 5.56 Å². The van der Waals surface area contributed by atoms with Crippen molar-refractivity contribution in [2.24, 2.45) is 5.73 Å². The summed E-state index contributed by atoms with van der Waals surface area (Å²) < 4.78 is 0. The maximum Gasteiger partial charge on any atom is 0.250 e. The van der Waals surface area contributed by atoms with Crippen LogP contribution in [0.2, 0.25) is 0 Å². The van der Waals surface area contributed by atoms with Gasteiger partial charge in [0.25, 0.3) is 0 Å². The lowest BCUT2D eigenvalue weighted by molar-refractivity contribution is 0.1000. The molecule has 13 heavy (non-hydrogen) atoms. The Morgan fingerprint density at radius 1 is 1.62 bits per heavy atom. The van der Waals surface area contributed by atoms with Gasteiger partial charge in [-0.2, -0.15) is 0 Å². The summed E-state index contributed by atoms with van der Waals surface area (Å²) in [5.74, 6) is 0.00412. The smallest absolute Gasteiger partial charge is 0.250 e. The van der Waals surface area contributed by atoms with Crippen LogP contribution in [0.1, 0.15) is 42.1 Å². The van der Waals surface area contributed by atoms with E-state index in [1.807, 2.05) is 6.07 Å². The second-order valence-electron chi connectivity index (χ2n) is 3.18. The van der Waals surface area contributed by atoms with Crippen LogP contribution in [-0.2, 0) is 0 Å². The summed E-state index contributed by atoms with van der Waals surface area (Å²) in [5, 5.41) is 0. The molecule has 0 aliphatic heterocycles. The van der Waals surface area contributed by atoms with Crippen LogP contribution in [0.15, 0.2) is 18.5 Å². The van der Waals surface area contributed by atoms with E-state index in [0.717, 1.165) is 12.0 Å². The minimum atomic E-state index is -0.419. The number of nitrogens with zero attached hydrogens (tertiary/aromatic N) is 1. The highest BCUT2D eigenvalue weighted by Crippen LogP contribution is 2.17. The van der Waals surface area contributed by atoms with Crippen molar-refractivity contribution in [3.05, 3.63) is 29.6 Å². The predicted octanol–water partition coefficient (Wildman–Crippen LogP) is 1.69. The third kappa shape index (κ3) is 2.28. The van der Waals surface area contributed by atoms with Gasteiger partial charge >= 0.3 is 0 Å². The van der Waals surface area contributed by atoms with Crippen LogP contribution in [0.4, 0.5) is 0 Å². The highest BCUT2D eigenvalue weighted by molar-refractivity contribution is 5.92. The predicted molar refractivity (Wildman–Crippen MR) is 51.5 cm³/mol. The summed E-state index contributed by atoms with van der Waals surface area (Å²) in [6.07, 6.45) is 4.30. The minimum Gasteiger partial charge on any atom is -0.366 e. The van der Waals surface area contributed by atoms with E-state index in [9.17, 15) is 4.79 Å². The summed E-state index contributed by atoms with van der Waals surface area (Å²) in [6.45, 7) is 4.20. The topological polar surface area (TPSA) is 56.0 Å². The molecule has 1 rings (SSSR count). The normalized spacial score (nSPS) is 12.5. The van der Waals surface area contributed by atoms with E-state index in [-0.39, 0.29) is 0 Å². The fourth-order valence-corrected chi connectivity index (χ4v) is 1.10. The molecule has 0 aliphatic carbocycles. The molecule has 0 spiro atoms. The van der Waals surface area contributed by atoms with Crippen molar-refractivity contribution in [1.82, 2.24) is 4.98 Å². The van der Waals surface area contributed by atoms with Gasteiger partial charge in [0.15, 0.2) is 0 Å². The summed E-state index contributed by atoms with van der Waals surface area (Å²) in [7, 11) is 0. The Labute approximate surface area is 78.0 Å². The van der Waals surface area contributed by atoms with Crippen LogP contribution in [0.5, 0.6) is 0 Å². The average molecular weight is 178 g/mol. The van der Waals surface area contributed by atoms with E-state index in [4.69, 9.17) is 5.73 Å². The van der Waals surface area contributed by atoms with Gasteiger partial charge in [-0.25, -0.2) is 0 Å². The van der Waals surface area contributed by atoms with E-state index < -0.39 is 5.91 Å². The first-order valence-corrected chi connectivity index (χ1v) is 4.40. The first-order valence-electron chi connectivity index (χ1n) is 4.40. The number of pyridine rings is 1. The molecular weight excluding hydrogens is 164 g/mol. The van der Waals surface area contributed by atoms with Crippen molar-refractivity contribution in [2.75, 3.05) is 0 Å². The van der Waals surface area contributed by atoms with Crippen molar-refractivity contribution in [2.45, 2.75) is 26.2 Å². The average Bonchev–Trinajstić information content (AvgIpc) is 2.17. The molecule has 0 aliphatic rings. The van der Waals surface area contributed by atoms with Crippen LogP contribution < -0.4 is 5.73 Å². The van der Waals surface area contributed by atoms with Crippen LogP contribution in [0, 0.1) is 0 Å². The third-order valence-corrected chi connectivity index (χ3v) is 2.23. The van der Waals surface area contributed by atoms with Gasteiger partial charge in [-0.3, -0.25) is 9.78 Å². The van der Waals surface area contributed by atoms with Crippen molar-refractivity contribution >= 4 is 5.91 Å². The molecule has 0 aromatic carbocycles. The maximum atomic E-state index is 10.8. The Bertz CT molecular complexity index is 310. The zero-order valence-electron chi connectivity index (χ0n) is 7.95. The molecule has 0 radical (unpaired) electrons. The molecular formula is C10H14N2O. The van der Waals surface area contributed by atoms with Gasteiger partial charge in [-0.15, -0.1) is 0 Å². The first-order chi connectivity index (χ1) is 6.15. The highest BCUT2D eigenvalue weighted by atomic mass is 16.1. The molecule has 0 fully saturated rings. The van der Waals surface area contributed by atoms with Gasteiger partial charge in [-0.05, 0) is 24.0 Å². The molecule has 0 bridgehead atoms. The summed E-state index contributed by atoms with van der Waals surface area (Å²) >= 11 is 0. The Morgan fingerprint density at radius 2 is 2.31 bits per heavy atom. The Balaban J connectivity index is 2.98. The SMILES string of the molecule is CCC(C)c1cncc(C(N)=O)c1. The van der Waals surface area contributed by atoms with Gasteiger partial charge < -0.3 is 5.73 Å². The lowest BCUT2D eigenvalue weighted by atomic mass is 9.99. The number of primary amides is 1. The summed E-state index contributed by atoms with van der Waals surface area (Å²) in [5.41, 5.74) is 6.70. The number of carbonyl (C=O) groups excluding carboxylic acids is 1. The Hall–Kier alpha value is -1.38. The van der Waals surface area contributed by atoms with Crippen LogP contribution in [0.3, 0.4) is 0 Å². The lowest BCUT2D eigenvalue weighted by Gasteiger charge is -2.08. The molecule has 0 saturated carbocycles. The van der Waals surface area contributed by atoms with Gasteiger partial charge in [0, 0.05) is 12.4 Å². The van der Waals surface area contributed by atoms with Crippen LogP contribution >= 0.6 is 0 Å². The number of hydrogen-bond donors (Lipinski definition) is 1. The molecule has 1 aromatic heterocycles. The standard InChI is InChI=1S/C10H14N2O/c1-3-7(2)8-4-9(10(11)13)6-12-5-8/h4-7H,3H2,1-2H3,(H2,11,13). The van der Waals surface area contributed by atoms with E-state index in [0.29, 0.717) is 11.5 Å². The number of hydrogen-bond acceptors (Lipinski definition) is 2. The Kier molecular flexibility index (Phi) is 3.01. The van der Waals surface area contributed by atoms with Gasteiger partial charge in [0.1, 0.15) is 0 Å². The number of amides is 1. The molecule has 0 saturated heterocycles. The Morgan fingerprint density at radius 3 is 2.85 bits per heavy atom. The molecule has 1 unspecified atom stereocenters. The highest BCUT2D eigenvalue weighted by Gasteiger charge is 2.06. The maximum absolute atomic E-state index is 10.8. The van der Waals surface area contributed by atoms with Gasteiger partial charge in [0.2, 0.25) is 5.91 Å². The fourth-order valence-electron chi connectivity index (χ4n) is 1.10. The van der Waals surface area contributed by atoms with E-state index in [2.05, 4.69) is 18.8 Å². The lowest BCUT2D eigenvalue weighted by Crippen LogP contribution is -2.11. The van der Waals surface area contributed by atoms with E-state index >= 15 is 0 Å². The number of aromatic nitrogens is 1. The molecule has 1 aromatic rings. The summed E-state index contributed by atoms with van der Waals surface area (Å²) in [4.78, 5) is 14.8. The van der Waals surface area contributed by atoms with Crippen molar-refractivity contribution in [3.63, 3.8) is 0 Å². The van der Waals surface area contributed by atoms with Crippen molar-refractivity contribution in [1.29, 1.82) is 0 Å². The quantitative estimate of drug-likeness (QED) is 0.765. The first kappa shape index (κ1) is 9.71. The van der Waals surface area contributed by atoms with E-state index in [1.54, 1.807) is 6.20 Å². The molecule has 70 valence electrons. The van der Waals surface area contributed by atoms with Crippen molar-refractivity contribution in [3.8, 4) is 0 Å². The molecule has 1 amide bonds. The molecule has 2 N–H and O–H groups in total. The monoisotopic (exact) mass is 178 g/mol. The number of carbonyl (C=O) groups is 1. The van der Waals surface area contributed by atoms with Crippen molar-refractivity contribution < 1.29 is 4.79 Å². The van der Waals surface area contributed by atoms with Crippen LogP contribution in [0.25, 0.3) is 0 Å². The van der Waals surface area contributed by atoms with E-state index in [1.165, 1.54) is 6.20 Å². The molecule has 3 nitrogen and oxygen atoms in total. The molecule has 3 heteroatoms. The number of rotatable bonds is 3. The zero-order valence-corrected chi connectivity index (χ0v) is 7.95. The molecule has 1 atom stereocenters. The number of nitrogens with two attached hydrogens (primary N) is 1. The largest absolute Gasteiger partial charge is 0.366 e. The molecule has 1 heterocycles. The minimum absolute atomic E-state index is 0.419. The summed E-state index contributed by atoms with van der Waals surface area (Å²) in [6, 6.07) is 1.81. The van der Waals surface area contributed by atoms with Crippen LogP contribution in [-0.4, -0.2) is 10.9 Å². The second kappa shape index (κ2) is 4.03. The fraction of sp³-hybridized carbons (Fsp3) is 0.400. The second-order valence-corrected chi connectivity index (χ2v) is 3.18. The zero-order chi connectivity index (χ0) is 9.84.